The van der Waals surface area contributed by atoms with E-state index in [0.717, 1.165) is 0 Å². The Morgan fingerprint density at radius 1 is 1.26 bits per heavy atom. The van der Waals surface area contributed by atoms with Gasteiger partial charge in [0.15, 0.2) is 5.82 Å². The molecule has 1 aliphatic heterocycles. The highest BCUT2D eigenvalue weighted by molar-refractivity contribution is 5.97. The minimum absolute atomic E-state index is 0.0216. The van der Waals surface area contributed by atoms with Gasteiger partial charge in [-0.3, -0.25) is 24.2 Å². The molecule has 0 aliphatic carbocycles. The number of nitrogen functional groups attached to an aromatic ring is 1. The number of rotatable bonds is 10. The molecule has 1 aromatic heterocycles. The second-order valence-electron chi connectivity index (χ2n) is 7.50. The first-order valence-corrected chi connectivity index (χ1v) is 10.2. The summed E-state index contributed by atoms with van der Waals surface area (Å²) in [6, 6.07) is 4.16. The quantitative estimate of drug-likeness (QED) is 0.213. The highest BCUT2D eigenvalue weighted by atomic mass is 16.4. The van der Waals surface area contributed by atoms with E-state index < -0.39 is 35.9 Å². The van der Waals surface area contributed by atoms with Crippen molar-refractivity contribution < 1.29 is 29.4 Å². The van der Waals surface area contributed by atoms with Gasteiger partial charge in [-0.2, -0.15) is 4.98 Å². The number of H-pyrrole nitrogens is 1. The molecule has 2 atom stereocenters. The molecule has 14 heteroatoms. The van der Waals surface area contributed by atoms with E-state index in [2.05, 4.69) is 25.9 Å². The second kappa shape index (κ2) is 10.3. The molecule has 1 unspecified atom stereocenters. The van der Waals surface area contributed by atoms with Gasteiger partial charge in [-0.25, -0.2) is 4.79 Å². The van der Waals surface area contributed by atoms with Crippen LogP contribution in [0.2, 0.25) is 0 Å². The zero-order valence-electron chi connectivity index (χ0n) is 17.8. The van der Waals surface area contributed by atoms with Gasteiger partial charge in [0.05, 0.1) is 6.04 Å². The average Bonchev–Trinajstić information content (AvgIpc) is 2.80. The number of hydrogen-bond acceptors (Lipinski definition) is 9. The van der Waals surface area contributed by atoms with Crippen molar-refractivity contribution in [1.29, 1.82) is 0 Å². The fraction of sp³-hybridized carbons (Fsp3) is 0.300. The van der Waals surface area contributed by atoms with E-state index in [1.807, 2.05) is 0 Å². The van der Waals surface area contributed by atoms with E-state index in [4.69, 9.17) is 10.8 Å². The normalized spacial score (nSPS) is 15.1. The summed E-state index contributed by atoms with van der Waals surface area (Å²) in [7, 11) is 0. The Labute approximate surface area is 192 Å². The third kappa shape index (κ3) is 5.79. The van der Waals surface area contributed by atoms with Gasteiger partial charge in [0.1, 0.15) is 11.7 Å². The summed E-state index contributed by atoms with van der Waals surface area (Å²) < 4.78 is 0. The van der Waals surface area contributed by atoms with Crippen molar-refractivity contribution in [2.45, 2.75) is 24.9 Å². The molecule has 0 fully saturated rings. The Kier molecular flexibility index (Phi) is 7.30. The first-order valence-electron chi connectivity index (χ1n) is 10.2. The van der Waals surface area contributed by atoms with Crippen LogP contribution in [-0.2, 0) is 14.4 Å². The Morgan fingerprint density at radius 3 is 2.59 bits per heavy atom. The molecule has 0 spiro atoms. The summed E-state index contributed by atoms with van der Waals surface area (Å²) in [6.45, 7) is 0.544. The van der Waals surface area contributed by atoms with Gasteiger partial charge in [0, 0.05) is 30.8 Å². The number of aromatic nitrogens is 2. The minimum atomic E-state index is -1.35. The van der Waals surface area contributed by atoms with Crippen LogP contribution in [0.5, 0.6) is 0 Å². The number of carbonyl (C=O) groups excluding carboxylic acids is 2. The molecular formula is C20H23N7O7. The first kappa shape index (κ1) is 24.0. The number of nitrogens with one attached hydrogen (secondary N) is 4. The number of nitrogens with zero attached hydrogens (tertiary/aromatic N) is 2. The molecule has 2 amide bonds. The number of nitrogens with two attached hydrogens (primary N) is 1. The maximum Gasteiger partial charge on any atom is 0.326 e. The third-order valence-corrected chi connectivity index (χ3v) is 5.06. The minimum Gasteiger partial charge on any atom is -0.481 e. The van der Waals surface area contributed by atoms with Crippen LogP contribution in [0.3, 0.4) is 0 Å². The van der Waals surface area contributed by atoms with Crippen LogP contribution >= 0.6 is 0 Å². The Morgan fingerprint density at radius 2 is 1.97 bits per heavy atom. The summed E-state index contributed by atoms with van der Waals surface area (Å²) in [5.74, 6) is -2.91. The molecule has 8 N–H and O–H groups in total. The number of carboxylic acid groups (broad SMARTS) is 2. The van der Waals surface area contributed by atoms with Gasteiger partial charge >= 0.3 is 11.9 Å². The van der Waals surface area contributed by atoms with E-state index in [1.54, 1.807) is 0 Å². The van der Waals surface area contributed by atoms with Crippen LogP contribution in [0.25, 0.3) is 0 Å². The lowest BCUT2D eigenvalue weighted by Crippen LogP contribution is -2.45. The van der Waals surface area contributed by atoms with Crippen molar-refractivity contribution in [3.8, 4) is 0 Å². The molecule has 3 rings (SSSR count). The Bertz CT molecular complexity index is 1150. The second-order valence-corrected chi connectivity index (χ2v) is 7.50. The smallest absolute Gasteiger partial charge is 0.326 e. The average molecular weight is 473 g/mol. The molecule has 0 radical (unpaired) electrons. The molecule has 2 aromatic rings. The number of amides is 2. The molecule has 0 saturated heterocycles. The predicted octanol–water partition coefficient (Wildman–Crippen LogP) is -0.731. The van der Waals surface area contributed by atoms with Gasteiger partial charge < -0.3 is 36.8 Å². The summed E-state index contributed by atoms with van der Waals surface area (Å²) >= 11 is 0. The number of carbonyl (C=O) groups is 4. The number of aromatic amines is 1. The number of hydrogen-bond donors (Lipinski definition) is 7. The highest BCUT2D eigenvalue weighted by Gasteiger charge is 2.24. The summed E-state index contributed by atoms with van der Waals surface area (Å²) in [6.07, 6.45) is -0.0671. The van der Waals surface area contributed by atoms with Crippen LogP contribution in [0, 0.1) is 0 Å². The van der Waals surface area contributed by atoms with Crippen LogP contribution in [-0.4, -0.2) is 69.6 Å². The molecule has 1 aliphatic rings. The van der Waals surface area contributed by atoms with Gasteiger partial charge in [-0.1, -0.05) is 0 Å². The van der Waals surface area contributed by atoms with Crippen LogP contribution < -0.4 is 32.1 Å². The molecule has 0 saturated carbocycles. The molecular weight excluding hydrogens is 450 g/mol. The fourth-order valence-corrected chi connectivity index (χ4v) is 3.36. The fourth-order valence-electron chi connectivity index (χ4n) is 3.36. The third-order valence-electron chi connectivity index (χ3n) is 5.06. The van der Waals surface area contributed by atoms with Crippen LogP contribution in [0.1, 0.15) is 23.2 Å². The topological polar surface area (TPSA) is 220 Å². The van der Waals surface area contributed by atoms with Crippen LogP contribution in [0.15, 0.2) is 29.1 Å². The lowest BCUT2D eigenvalue weighted by molar-refractivity contribution is -0.140. The number of carboxylic acids is 2. The Hall–Kier alpha value is -4.62. The van der Waals surface area contributed by atoms with Crippen molar-refractivity contribution >= 4 is 47.4 Å². The molecule has 2 heterocycles. The van der Waals surface area contributed by atoms with E-state index in [9.17, 15) is 29.1 Å². The van der Waals surface area contributed by atoms with Crippen molar-refractivity contribution in [2.24, 2.45) is 0 Å². The van der Waals surface area contributed by atoms with Crippen molar-refractivity contribution in [3.05, 3.63) is 40.2 Å². The SMILES string of the molecule is Nc1nc2c(c(=O)[nH]1)NC(CN(C=O)c1ccc(C(=O)N[C@H](CCC(=O)O)C(=O)O)cc1)CN2. The zero-order chi connectivity index (χ0) is 24.8. The lowest BCUT2D eigenvalue weighted by atomic mass is 10.1. The number of fused-ring (bicyclic) bond motifs is 1. The number of anilines is 4. The zero-order valence-corrected chi connectivity index (χ0v) is 17.8. The molecule has 14 nitrogen and oxygen atoms in total. The summed E-state index contributed by atoms with van der Waals surface area (Å²) in [5, 5.41) is 26.2. The van der Waals surface area contributed by atoms with E-state index in [0.29, 0.717) is 24.5 Å². The van der Waals surface area contributed by atoms with Crippen molar-refractivity contribution in [1.82, 2.24) is 15.3 Å². The Balaban J connectivity index is 1.65. The monoisotopic (exact) mass is 473 g/mol. The van der Waals surface area contributed by atoms with Gasteiger partial charge in [-0.15, -0.1) is 0 Å². The standard InChI is InChI=1S/C20H23N7O7/c21-20-25-16-15(18(32)26-20)23-11(7-22-16)8-27(9-28)12-3-1-10(2-4-12)17(31)24-13(19(33)34)5-6-14(29)30/h1-4,9,11,13,23H,5-8H2,(H,24,31)(H,29,30)(H,33,34)(H4,21,22,25,26,32)/t11?,13-/m1/s1. The predicted molar refractivity (Wildman–Crippen MR) is 121 cm³/mol. The number of aliphatic carboxylic acids is 2. The summed E-state index contributed by atoms with van der Waals surface area (Å²) in [4.78, 5) is 65.9. The largest absolute Gasteiger partial charge is 0.481 e. The van der Waals surface area contributed by atoms with Gasteiger partial charge in [0.2, 0.25) is 12.4 Å². The molecule has 34 heavy (non-hydrogen) atoms. The number of benzene rings is 1. The maximum absolute atomic E-state index is 12.4. The van der Waals surface area contributed by atoms with E-state index in [1.165, 1.54) is 29.2 Å². The molecule has 0 bridgehead atoms. The summed E-state index contributed by atoms with van der Waals surface area (Å²) in [5.41, 5.74) is 5.89. The molecule has 180 valence electrons. The van der Waals surface area contributed by atoms with E-state index >= 15 is 0 Å². The van der Waals surface area contributed by atoms with Crippen LogP contribution in [0.4, 0.5) is 23.1 Å². The van der Waals surface area contributed by atoms with Crippen molar-refractivity contribution in [2.75, 3.05) is 34.4 Å². The van der Waals surface area contributed by atoms with Crippen molar-refractivity contribution in [3.63, 3.8) is 0 Å². The van der Waals surface area contributed by atoms with E-state index in [-0.39, 0.29) is 36.2 Å². The van der Waals surface area contributed by atoms with Gasteiger partial charge in [0.25, 0.3) is 11.5 Å². The first-order chi connectivity index (χ1) is 16.2. The highest BCUT2D eigenvalue weighted by Crippen LogP contribution is 2.21. The van der Waals surface area contributed by atoms with Gasteiger partial charge in [-0.05, 0) is 30.7 Å². The maximum atomic E-state index is 12.4. The molecule has 1 aromatic carbocycles. The lowest BCUT2D eigenvalue weighted by Gasteiger charge is -2.30.